The molecule has 0 aliphatic heterocycles. The van der Waals surface area contributed by atoms with E-state index in [1.165, 1.54) is 0 Å². The van der Waals surface area contributed by atoms with Crippen LogP contribution in [0.5, 0.6) is 0 Å². The van der Waals surface area contributed by atoms with Crippen LogP contribution in [-0.2, 0) is 5.54 Å². The smallest absolute Gasteiger partial charge is 0.0991 e. The Kier molecular flexibility index (Phi) is 2.45. The van der Waals surface area contributed by atoms with Crippen molar-refractivity contribution in [3.05, 3.63) is 36.0 Å². The number of fused-ring (bicyclic) bond motifs is 1. The van der Waals surface area contributed by atoms with Crippen LogP contribution in [0.3, 0.4) is 0 Å². The minimum Gasteiger partial charge on any atom is -0.341 e. The van der Waals surface area contributed by atoms with Crippen molar-refractivity contribution >= 4 is 10.9 Å². The van der Waals surface area contributed by atoms with E-state index in [4.69, 9.17) is 11.0 Å². The van der Waals surface area contributed by atoms with Gasteiger partial charge in [-0.25, -0.2) is 0 Å². The summed E-state index contributed by atoms with van der Waals surface area (Å²) in [5.74, 6) is 0. The quantitative estimate of drug-likeness (QED) is 0.831. The van der Waals surface area contributed by atoms with Gasteiger partial charge in [0.25, 0.3) is 0 Å². The fourth-order valence-electron chi connectivity index (χ4n) is 1.84. The number of benzene rings is 1. The maximum atomic E-state index is 8.83. The third kappa shape index (κ3) is 1.58. The first kappa shape index (κ1) is 10.7. The summed E-state index contributed by atoms with van der Waals surface area (Å²) in [4.78, 5) is 0. The number of nitrogens with two attached hydrogens (primary N) is 1. The largest absolute Gasteiger partial charge is 0.341 e. The first-order valence-corrected chi connectivity index (χ1v) is 5.30. The van der Waals surface area contributed by atoms with Crippen LogP contribution in [0, 0.1) is 11.3 Å². The summed E-state index contributed by atoms with van der Waals surface area (Å²) in [6.07, 6.45) is 2.03. The molecule has 0 aliphatic rings. The summed E-state index contributed by atoms with van der Waals surface area (Å²) in [6, 6.07) is 9.89. The number of hydrogen-bond donors (Lipinski definition) is 1. The van der Waals surface area contributed by atoms with Crippen LogP contribution in [-0.4, -0.2) is 11.1 Å². The molecule has 0 fully saturated rings. The van der Waals surface area contributed by atoms with Crippen LogP contribution < -0.4 is 5.73 Å². The van der Waals surface area contributed by atoms with Gasteiger partial charge in [0.2, 0.25) is 0 Å². The highest BCUT2D eigenvalue weighted by Crippen LogP contribution is 2.24. The molecule has 0 saturated carbocycles. The summed E-state index contributed by atoms with van der Waals surface area (Å²) in [7, 11) is 0. The maximum absolute atomic E-state index is 8.83. The fourth-order valence-corrected chi connectivity index (χ4v) is 1.84. The van der Waals surface area contributed by atoms with Crippen molar-refractivity contribution in [2.24, 2.45) is 5.73 Å². The third-order valence-electron chi connectivity index (χ3n) is 2.97. The second kappa shape index (κ2) is 3.66. The zero-order valence-corrected chi connectivity index (χ0v) is 9.57. The molecule has 0 amide bonds. The Balaban J connectivity index is 2.63. The summed E-state index contributed by atoms with van der Waals surface area (Å²) in [5, 5.41) is 9.92. The van der Waals surface area contributed by atoms with Crippen molar-refractivity contribution in [2.75, 3.05) is 6.54 Å². The van der Waals surface area contributed by atoms with E-state index < -0.39 is 0 Å². The number of nitrogens with zero attached hydrogens (tertiary/aromatic N) is 2. The van der Waals surface area contributed by atoms with Gasteiger partial charge in [0.05, 0.1) is 17.2 Å². The molecule has 0 bridgehead atoms. The Morgan fingerprint density at radius 2 is 2.12 bits per heavy atom. The van der Waals surface area contributed by atoms with Crippen LogP contribution in [0.4, 0.5) is 0 Å². The minimum atomic E-state index is -0.101. The van der Waals surface area contributed by atoms with Crippen LogP contribution in [0.2, 0.25) is 0 Å². The predicted molar refractivity (Wildman–Crippen MR) is 65.0 cm³/mol. The van der Waals surface area contributed by atoms with E-state index in [0.717, 1.165) is 10.9 Å². The highest BCUT2D eigenvalue weighted by Gasteiger charge is 2.19. The highest BCUT2D eigenvalue weighted by atomic mass is 15.1. The number of hydrogen-bond acceptors (Lipinski definition) is 2. The van der Waals surface area contributed by atoms with Gasteiger partial charge in [-0.1, -0.05) is 0 Å². The van der Waals surface area contributed by atoms with Gasteiger partial charge in [0, 0.05) is 23.6 Å². The Labute approximate surface area is 95.1 Å². The second-order valence-corrected chi connectivity index (χ2v) is 4.59. The molecule has 0 saturated heterocycles. The molecular formula is C13H15N3. The predicted octanol–water partition coefficient (Wildman–Crippen LogP) is 2.21. The monoisotopic (exact) mass is 213 g/mol. The lowest BCUT2D eigenvalue weighted by molar-refractivity contribution is 0.379. The average Bonchev–Trinajstić information content (AvgIpc) is 2.72. The molecule has 1 aromatic carbocycles. The van der Waals surface area contributed by atoms with Gasteiger partial charge in [-0.05, 0) is 38.1 Å². The Bertz CT molecular complexity index is 558. The van der Waals surface area contributed by atoms with E-state index in [1.807, 2.05) is 30.5 Å². The van der Waals surface area contributed by atoms with E-state index in [2.05, 4.69) is 24.5 Å². The number of aromatic nitrogens is 1. The van der Waals surface area contributed by atoms with Crippen molar-refractivity contribution in [1.82, 2.24) is 4.57 Å². The maximum Gasteiger partial charge on any atom is 0.0991 e. The molecule has 0 unspecified atom stereocenters. The lowest BCUT2D eigenvalue weighted by Gasteiger charge is -2.26. The molecule has 3 heteroatoms. The molecule has 2 rings (SSSR count). The molecule has 1 heterocycles. The van der Waals surface area contributed by atoms with E-state index in [-0.39, 0.29) is 5.54 Å². The molecule has 0 atom stereocenters. The van der Waals surface area contributed by atoms with E-state index >= 15 is 0 Å². The van der Waals surface area contributed by atoms with Gasteiger partial charge in [-0.2, -0.15) is 5.26 Å². The van der Waals surface area contributed by atoms with Gasteiger partial charge in [0.1, 0.15) is 0 Å². The summed E-state index contributed by atoms with van der Waals surface area (Å²) in [5.41, 5.74) is 7.48. The zero-order valence-electron chi connectivity index (χ0n) is 9.57. The van der Waals surface area contributed by atoms with Crippen molar-refractivity contribution in [3.63, 3.8) is 0 Å². The molecule has 0 radical (unpaired) electrons. The fraction of sp³-hybridized carbons (Fsp3) is 0.308. The van der Waals surface area contributed by atoms with Crippen LogP contribution in [0.25, 0.3) is 10.9 Å². The highest BCUT2D eigenvalue weighted by molar-refractivity contribution is 5.81. The van der Waals surface area contributed by atoms with E-state index in [1.54, 1.807) is 0 Å². The minimum absolute atomic E-state index is 0.101. The molecule has 0 spiro atoms. The Morgan fingerprint density at radius 3 is 2.75 bits per heavy atom. The van der Waals surface area contributed by atoms with Crippen molar-refractivity contribution in [1.29, 1.82) is 5.26 Å². The molecular weight excluding hydrogens is 198 g/mol. The van der Waals surface area contributed by atoms with Gasteiger partial charge < -0.3 is 10.3 Å². The first-order chi connectivity index (χ1) is 7.58. The van der Waals surface area contributed by atoms with Crippen LogP contribution in [0.15, 0.2) is 30.5 Å². The first-order valence-electron chi connectivity index (χ1n) is 5.30. The Hall–Kier alpha value is -1.79. The molecule has 2 aromatic rings. The number of rotatable bonds is 2. The molecule has 16 heavy (non-hydrogen) atoms. The van der Waals surface area contributed by atoms with E-state index in [9.17, 15) is 0 Å². The van der Waals surface area contributed by atoms with Gasteiger partial charge in [0.15, 0.2) is 0 Å². The van der Waals surface area contributed by atoms with Gasteiger partial charge in [-0.15, -0.1) is 0 Å². The topological polar surface area (TPSA) is 54.7 Å². The summed E-state index contributed by atoms with van der Waals surface area (Å²) >= 11 is 0. The standard InChI is InChI=1S/C13H15N3/c1-13(2,9-15)16-6-5-11-7-10(8-14)3-4-12(11)16/h3-7H,9,15H2,1-2H3. The molecule has 1 aromatic heterocycles. The second-order valence-electron chi connectivity index (χ2n) is 4.59. The average molecular weight is 213 g/mol. The third-order valence-corrected chi connectivity index (χ3v) is 2.97. The lowest BCUT2D eigenvalue weighted by atomic mass is 10.1. The van der Waals surface area contributed by atoms with Crippen LogP contribution >= 0.6 is 0 Å². The molecule has 2 N–H and O–H groups in total. The number of nitriles is 1. The van der Waals surface area contributed by atoms with Crippen molar-refractivity contribution in [2.45, 2.75) is 19.4 Å². The SMILES string of the molecule is CC(C)(CN)n1ccc2cc(C#N)ccc21. The van der Waals surface area contributed by atoms with Crippen molar-refractivity contribution < 1.29 is 0 Å². The van der Waals surface area contributed by atoms with Crippen LogP contribution in [0.1, 0.15) is 19.4 Å². The summed E-state index contributed by atoms with van der Waals surface area (Å²) < 4.78 is 2.16. The van der Waals surface area contributed by atoms with Crippen molar-refractivity contribution in [3.8, 4) is 6.07 Å². The lowest BCUT2D eigenvalue weighted by Crippen LogP contribution is -2.34. The molecule has 82 valence electrons. The normalized spacial score (nSPS) is 11.6. The summed E-state index contributed by atoms with van der Waals surface area (Å²) in [6.45, 7) is 4.78. The molecule has 0 aliphatic carbocycles. The molecule has 3 nitrogen and oxygen atoms in total. The van der Waals surface area contributed by atoms with Gasteiger partial charge in [-0.3, -0.25) is 0 Å². The Morgan fingerprint density at radius 1 is 1.38 bits per heavy atom. The van der Waals surface area contributed by atoms with Gasteiger partial charge >= 0.3 is 0 Å². The van der Waals surface area contributed by atoms with E-state index in [0.29, 0.717) is 12.1 Å². The zero-order chi connectivity index (χ0) is 11.8.